The summed E-state index contributed by atoms with van der Waals surface area (Å²) >= 11 is 0. The number of benzene rings is 1. The van der Waals surface area contributed by atoms with E-state index < -0.39 is 17.5 Å². The summed E-state index contributed by atoms with van der Waals surface area (Å²) in [5, 5.41) is 0. The molecular weight excluding hydrogens is 248 g/mol. The van der Waals surface area contributed by atoms with Gasteiger partial charge in [-0.05, 0) is 30.9 Å². The first-order valence-electron chi connectivity index (χ1n) is 6.86. The molecule has 104 valence electrons. The average Bonchev–Trinajstić information content (AvgIpc) is 2.42. The van der Waals surface area contributed by atoms with Crippen molar-refractivity contribution < 1.29 is 13.6 Å². The molecule has 1 aromatic carbocycles. The summed E-state index contributed by atoms with van der Waals surface area (Å²) < 4.78 is 26.7. The molecule has 0 N–H and O–H groups in total. The Labute approximate surface area is 112 Å². The number of carbonyl (C=O) groups is 1. The topological polar surface area (TPSA) is 20.3 Å². The van der Waals surface area contributed by atoms with Crippen molar-refractivity contribution in [1.82, 2.24) is 4.90 Å². The van der Waals surface area contributed by atoms with Crippen LogP contribution >= 0.6 is 0 Å². The van der Waals surface area contributed by atoms with E-state index in [1.807, 2.05) is 0 Å². The molecule has 1 aliphatic rings. The Morgan fingerprint density at radius 2 is 2.00 bits per heavy atom. The summed E-state index contributed by atoms with van der Waals surface area (Å²) in [5.74, 6) is -1.74. The van der Waals surface area contributed by atoms with E-state index in [1.54, 1.807) is 4.90 Å². The van der Waals surface area contributed by atoms with Gasteiger partial charge in [-0.25, -0.2) is 8.78 Å². The maximum Gasteiger partial charge on any atom is 0.256 e. The van der Waals surface area contributed by atoms with E-state index in [9.17, 15) is 13.6 Å². The fraction of sp³-hybridized carbons (Fsp3) is 0.533. The van der Waals surface area contributed by atoms with Gasteiger partial charge in [0, 0.05) is 13.1 Å². The van der Waals surface area contributed by atoms with Crippen LogP contribution < -0.4 is 0 Å². The fourth-order valence-corrected chi connectivity index (χ4v) is 2.67. The highest BCUT2D eigenvalue weighted by Crippen LogP contribution is 2.23. The molecule has 0 spiro atoms. The molecule has 0 unspecified atom stereocenters. The van der Waals surface area contributed by atoms with Crippen molar-refractivity contribution in [2.24, 2.45) is 5.92 Å². The lowest BCUT2D eigenvalue weighted by Crippen LogP contribution is -2.38. The maximum atomic E-state index is 13.6. The second-order valence-electron chi connectivity index (χ2n) is 5.13. The van der Waals surface area contributed by atoms with Crippen molar-refractivity contribution in [1.29, 1.82) is 0 Å². The predicted molar refractivity (Wildman–Crippen MR) is 69.9 cm³/mol. The number of nitrogens with zero attached hydrogens (tertiary/aromatic N) is 1. The number of hydrogen-bond acceptors (Lipinski definition) is 1. The van der Waals surface area contributed by atoms with Crippen LogP contribution in [-0.4, -0.2) is 23.9 Å². The average molecular weight is 267 g/mol. The smallest absolute Gasteiger partial charge is 0.256 e. The number of halogens is 2. The van der Waals surface area contributed by atoms with Gasteiger partial charge in [-0.3, -0.25) is 4.79 Å². The zero-order valence-corrected chi connectivity index (χ0v) is 11.2. The second-order valence-corrected chi connectivity index (χ2v) is 5.13. The van der Waals surface area contributed by atoms with Crippen molar-refractivity contribution in [2.45, 2.75) is 32.6 Å². The molecule has 0 aromatic heterocycles. The molecule has 0 bridgehead atoms. The molecule has 1 saturated heterocycles. The van der Waals surface area contributed by atoms with Crippen LogP contribution in [0.25, 0.3) is 0 Å². The third-order valence-electron chi connectivity index (χ3n) is 3.78. The molecule has 1 aliphatic heterocycles. The monoisotopic (exact) mass is 267 g/mol. The number of hydrogen-bond donors (Lipinski definition) is 0. The summed E-state index contributed by atoms with van der Waals surface area (Å²) in [4.78, 5) is 13.8. The van der Waals surface area contributed by atoms with E-state index in [0.29, 0.717) is 19.0 Å². The van der Waals surface area contributed by atoms with Crippen LogP contribution in [0.15, 0.2) is 18.2 Å². The van der Waals surface area contributed by atoms with Gasteiger partial charge in [-0.15, -0.1) is 0 Å². The first-order valence-corrected chi connectivity index (χ1v) is 6.86. The molecule has 1 aromatic rings. The zero-order chi connectivity index (χ0) is 13.8. The summed E-state index contributed by atoms with van der Waals surface area (Å²) in [6, 6.07) is 3.74. The minimum atomic E-state index is -1.04. The second kappa shape index (κ2) is 6.13. The van der Waals surface area contributed by atoms with Crippen LogP contribution in [0.2, 0.25) is 0 Å². The van der Waals surface area contributed by atoms with Crippen LogP contribution in [0.1, 0.15) is 43.0 Å². The van der Waals surface area contributed by atoms with Gasteiger partial charge in [0.25, 0.3) is 5.91 Å². The molecular formula is C15H19F2NO. The molecule has 0 saturated carbocycles. The van der Waals surface area contributed by atoms with Crippen LogP contribution in [-0.2, 0) is 0 Å². The minimum absolute atomic E-state index is 0.158. The Kier molecular flexibility index (Phi) is 4.51. The maximum absolute atomic E-state index is 13.6. The lowest BCUT2D eigenvalue weighted by Gasteiger charge is -2.32. The van der Waals surface area contributed by atoms with Crippen molar-refractivity contribution in [3.05, 3.63) is 35.4 Å². The van der Waals surface area contributed by atoms with Gasteiger partial charge in [0.1, 0.15) is 0 Å². The first-order chi connectivity index (χ1) is 9.13. The number of carbonyl (C=O) groups excluding carboxylic acids is 1. The largest absolute Gasteiger partial charge is 0.339 e. The highest BCUT2D eigenvalue weighted by atomic mass is 19.2. The number of amides is 1. The lowest BCUT2D eigenvalue weighted by atomic mass is 9.92. The van der Waals surface area contributed by atoms with Crippen LogP contribution in [0.3, 0.4) is 0 Å². The fourth-order valence-electron chi connectivity index (χ4n) is 2.67. The Bertz CT molecular complexity index is 453. The molecule has 2 nitrogen and oxygen atoms in total. The highest BCUT2D eigenvalue weighted by molar-refractivity contribution is 5.94. The minimum Gasteiger partial charge on any atom is -0.339 e. The zero-order valence-electron chi connectivity index (χ0n) is 11.2. The predicted octanol–water partition coefficient (Wildman–Crippen LogP) is 3.62. The van der Waals surface area contributed by atoms with E-state index in [0.717, 1.165) is 25.3 Å². The van der Waals surface area contributed by atoms with Crippen LogP contribution in [0, 0.1) is 17.6 Å². The molecule has 2 rings (SSSR count). The SMILES string of the molecule is CCCC1CCN(C(=O)c2cccc(F)c2F)CC1. The number of piperidine rings is 1. The number of likely N-dealkylation sites (tertiary alicyclic amines) is 1. The molecule has 0 aliphatic carbocycles. The molecule has 1 amide bonds. The van der Waals surface area contributed by atoms with Gasteiger partial charge in [0.2, 0.25) is 0 Å². The van der Waals surface area contributed by atoms with Gasteiger partial charge in [0.15, 0.2) is 11.6 Å². The summed E-state index contributed by atoms with van der Waals surface area (Å²) in [5.41, 5.74) is -0.158. The van der Waals surface area contributed by atoms with Gasteiger partial charge < -0.3 is 4.90 Å². The number of rotatable bonds is 3. The molecule has 0 radical (unpaired) electrons. The molecule has 4 heteroatoms. The summed E-state index contributed by atoms with van der Waals surface area (Å²) in [6.07, 6.45) is 4.24. The molecule has 1 heterocycles. The van der Waals surface area contributed by atoms with E-state index in [-0.39, 0.29) is 5.56 Å². The third-order valence-corrected chi connectivity index (χ3v) is 3.78. The standard InChI is InChI=1S/C15H19F2NO/c1-2-4-11-7-9-18(10-8-11)15(19)12-5-3-6-13(16)14(12)17/h3,5-6,11H,2,4,7-10H2,1H3. The Morgan fingerprint density at radius 1 is 1.32 bits per heavy atom. The summed E-state index contributed by atoms with van der Waals surface area (Å²) in [6.45, 7) is 3.43. The van der Waals surface area contributed by atoms with Crippen LogP contribution in [0.5, 0.6) is 0 Å². The van der Waals surface area contributed by atoms with E-state index in [4.69, 9.17) is 0 Å². The van der Waals surface area contributed by atoms with Gasteiger partial charge in [0.05, 0.1) is 5.56 Å². The Morgan fingerprint density at radius 3 is 2.63 bits per heavy atom. The van der Waals surface area contributed by atoms with Gasteiger partial charge >= 0.3 is 0 Å². The molecule has 0 atom stereocenters. The highest BCUT2D eigenvalue weighted by Gasteiger charge is 2.25. The molecule has 1 fully saturated rings. The summed E-state index contributed by atoms with van der Waals surface area (Å²) in [7, 11) is 0. The normalized spacial score (nSPS) is 16.7. The van der Waals surface area contributed by atoms with E-state index in [1.165, 1.54) is 18.6 Å². The lowest BCUT2D eigenvalue weighted by molar-refractivity contribution is 0.0680. The van der Waals surface area contributed by atoms with Crippen molar-refractivity contribution in [2.75, 3.05) is 13.1 Å². The van der Waals surface area contributed by atoms with Crippen molar-refractivity contribution in [3.8, 4) is 0 Å². The van der Waals surface area contributed by atoms with E-state index >= 15 is 0 Å². The van der Waals surface area contributed by atoms with E-state index in [2.05, 4.69) is 6.92 Å². The molecule has 19 heavy (non-hydrogen) atoms. The first kappa shape index (κ1) is 14.0. The van der Waals surface area contributed by atoms with Crippen LogP contribution in [0.4, 0.5) is 8.78 Å². The third kappa shape index (κ3) is 3.11. The van der Waals surface area contributed by atoms with Crippen molar-refractivity contribution >= 4 is 5.91 Å². The van der Waals surface area contributed by atoms with Gasteiger partial charge in [-0.2, -0.15) is 0 Å². The quantitative estimate of drug-likeness (QED) is 0.819. The Hall–Kier alpha value is -1.45. The Balaban J connectivity index is 2.03. The van der Waals surface area contributed by atoms with Gasteiger partial charge in [-0.1, -0.05) is 25.8 Å². The van der Waals surface area contributed by atoms with Crippen molar-refractivity contribution in [3.63, 3.8) is 0 Å².